The minimum absolute atomic E-state index is 0.0116. The van der Waals surface area contributed by atoms with Gasteiger partial charge in [0.1, 0.15) is 0 Å². The molecule has 0 bridgehead atoms. The van der Waals surface area contributed by atoms with Crippen LogP contribution >= 0.6 is 15.9 Å². The van der Waals surface area contributed by atoms with Crippen LogP contribution in [-0.4, -0.2) is 37.7 Å². The standard InChI is InChI=1S/C11H16BrN3O2/c1-17-5-4-15-11(16)2-3-14-10-6-9(12)7-13-8-10/h6-8,14H,2-5H2,1H3,(H,15,16). The van der Waals surface area contributed by atoms with Gasteiger partial charge in [0.2, 0.25) is 5.91 Å². The molecular weight excluding hydrogens is 286 g/mol. The van der Waals surface area contributed by atoms with E-state index >= 15 is 0 Å². The molecule has 1 aromatic rings. The first-order valence-electron chi connectivity index (χ1n) is 5.32. The average Bonchev–Trinajstić information content (AvgIpc) is 2.29. The van der Waals surface area contributed by atoms with Gasteiger partial charge in [-0.05, 0) is 22.0 Å². The Balaban J connectivity index is 2.17. The van der Waals surface area contributed by atoms with E-state index < -0.39 is 0 Å². The number of anilines is 1. The number of nitrogens with zero attached hydrogens (tertiary/aromatic N) is 1. The Labute approximate surface area is 109 Å². The van der Waals surface area contributed by atoms with Gasteiger partial charge in [0.15, 0.2) is 0 Å². The third-order valence-electron chi connectivity index (χ3n) is 2.01. The summed E-state index contributed by atoms with van der Waals surface area (Å²) in [4.78, 5) is 15.4. The average molecular weight is 302 g/mol. The quantitative estimate of drug-likeness (QED) is 0.748. The van der Waals surface area contributed by atoms with Gasteiger partial charge in [-0.1, -0.05) is 0 Å². The second-order valence-electron chi connectivity index (χ2n) is 3.41. The Morgan fingerprint density at radius 2 is 2.29 bits per heavy atom. The molecule has 1 amide bonds. The molecule has 6 heteroatoms. The number of methoxy groups -OCH3 is 1. The van der Waals surface area contributed by atoms with Crippen LogP contribution in [0.15, 0.2) is 22.9 Å². The van der Waals surface area contributed by atoms with Crippen LogP contribution in [0.5, 0.6) is 0 Å². The van der Waals surface area contributed by atoms with Gasteiger partial charge in [-0.3, -0.25) is 9.78 Å². The fraction of sp³-hybridized carbons (Fsp3) is 0.455. The maximum Gasteiger partial charge on any atom is 0.221 e. The number of rotatable bonds is 7. The van der Waals surface area contributed by atoms with Gasteiger partial charge in [0.25, 0.3) is 0 Å². The van der Waals surface area contributed by atoms with Crippen LogP contribution in [-0.2, 0) is 9.53 Å². The summed E-state index contributed by atoms with van der Waals surface area (Å²) in [7, 11) is 1.61. The molecule has 0 spiro atoms. The Kier molecular flexibility index (Phi) is 6.57. The van der Waals surface area contributed by atoms with Gasteiger partial charge in [0, 0.05) is 37.3 Å². The van der Waals surface area contributed by atoms with Crippen molar-refractivity contribution >= 4 is 27.5 Å². The molecule has 94 valence electrons. The highest BCUT2D eigenvalue weighted by atomic mass is 79.9. The lowest BCUT2D eigenvalue weighted by atomic mass is 10.3. The zero-order chi connectivity index (χ0) is 12.5. The second-order valence-corrected chi connectivity index (χ2v) is 4.33. The third-order valence-corrected chi connectivity index (χ3v) is 2.45. The van der Waals surface area contributed by atoms with Gasteiger partial charge in [-0.25, -0.2) is 0 Å². The monoisotopic (exact) mass is 301 g/mol. The summed E-state index contributed by atoms with van der Waals surface area (Å²) < 4.78 is 5.74. The van der Waals surface area contributed by atoms with E-state index in [4.69, 9.17) is 4.74 Å². The normalized spacial score (nSPS) is 10.0. The molecule has 0 saturated carbocycles. The largest absolute Gasteiger partial charge is 0.383 e. The number of nitrogens with one attached hydrogen (secondary N) is 2. The van der Waals surface area contributed by atoms with Crippen LogP contribution in [0, 0.1) is 0 Å². The summed E-state index contributed by atoms with van der Waals surface area (Å²) in [6.45, 7) is 1.67. The van der Waals surface area contributed by atoms with Crippen molar-refractivity contribution in [2.75, 3.05) is 32.1 Å². The summed E-state index contributed by atoms with van der Waals surface area (Å²) in [5.74, 6) is 0.0116. The predicted octanol–water partition coefficient (Wildman–Crippen LogP) is 1.41. The number of halogens is 1. The van der Waals surface area contributed by atoms with Crippen molar-refractivity contribution in [1.82, 2.24) is 10.3 Å². The van der Waals surface area contributed by atoms with Crippen molar-refractivity contribution in [3.05, 3.63) is 22.9 Å². The van der Waals surface area contributed by atoms with E-state index in [9.17, 15) is 4.79 Å². The van der Waals surface area contributed by atoms with Crippen molar-refractivity contribution in [2.24, 2.45) is 0 Å². The van der Waals surface area contributed by atoms with Crippen LogP contribution in [0.1, 0.15) is 6.42 Å². The van der Waals surface area contributed by atoms with Gasteiger partial charge in [0.05, 0.1) is 18.5 Å². The molecule has 0 saturated heterocycles. The van der Waals surface area contributed by atoms with Crippen molar-refractivity contribution < 1.29 is 9.53 Å². The third kappa shape index (κ3) is 6.23. The molecule has 0 aromatic carbocycles. The molecule has 0 aliphatic rings. The van der Waals surface area contributed by atoms with Crippen molar-refractivity contribution in [3.8, 4) is 0 Å². The van der Waals surface area contributed by atoms with Crippen molar-refractivity contribution in [1.29, 1.82) is 0 Å². The second kappa shape index (κ2) is 8.03. The topological polar surface area (TPSA) is 63.2 Å². The Morgan fingerprint density at radius 1 is 1.47 bits per heavy atom. The molecule has 0 aliphatic heterocycles. The van der Waals surface area contributed by atoms with E-state index in [0.29, 0.717) is 26.1 Å². The highest BCUT2D eigenvalue weighted by molar-refractivity contribution is 9.10. The summed E-state index contributed by atoms with van der Waals surface area (Å²) in [5.41, 5.74) is 0.893. The summed E-state index contributed by atoms with van der Waals surface area (Å²) in [6, 6.07) is 1.91. The number of aromatic nitrogens is 1. The van der Waals surface area contributed by atoms with E-state index in [1.807, 2.05) is 6.07 Å². The number of hydrogen-bond acceptors (Lipinski definition) is 4. The van der Waals surface area contributed by atoms with Gasteiger partial charge < -0.3 is 15.4 Å². The molecular formula is C11H16BrN3O2. The van der Waals surface area contributed by atoms with Crippen molar-refractivity contribution in [3.63, 3.8) is 0 Å². The number of pyridine rings is 1. The predicted molar refractivity (Wildman–Crippen MR) is 69.9 cm³/mol. The molecule has 0 unspecified atom stereocenters. The molecule has 0 aliphatic carbocycles. The van der Waals surface area contributed by atoms with Gasteiger partial charge in [-0.15, -0.1) is 0 Å². The summed E-state index contributed by atoms with van der Waals surface area (Å²) >= 11 is 3.33. The highest BCUT2D eigenvalue weighted by Gasteiger charge is 2.00. The molecule has 0 radical (unpaired) electrons. The number of carbonyl (C=O) groups excluding carboxylic acids is 1. The summed E-state index contributed by atoms with van der Waals surface area (Å²) in [6.07, 6.45) is 3.85. The zero-order valence-corrected chi connectivity index (χ0v) is 11.3. The van der Waals surface area contributed by atoms with Crippen LogP contribution < -0.4 is 10.6 Å². The SMILES string of the molecule is COCCNC(=O)CCNc1cncc(Br)c1. The Bertz CT molecular complexity index is 360. The fourth-order valence-electron chi connectivity index (χ4n) is 1.21. The molecule has 1 heterocycles. The Morgan fingerprint density at radius 3 is 3.00 bits per heavy atom. The van der Waals surface area contributed by atoms with E-state index in [0.717, 1.165) is 10.2 Å². The molecule has 0 fully saturated rings. The maximum atomic E-state index is 11.3. The zero-order valence-electron chi connectivity index (χ0n) is 9.70. The first-order chi connectivity index (χ1) is 8.22. The molecule has 17 heavy (non-hydrogen) atoms. The van der Waals surface area contributed by atoms with E-state index in [1.54, 1.807) is 19.5 Å². The fourth-order valence-corrected chi connectivity index (χ4v) is 1.57. The van der Waals surface area contributed by atoms with Crippen molar-refractivity contribution in [2.45, 2.75) is 6.42 Å². The Hall–Kier alpha value is -1.14. The lowest BCUT2D eigenvalue weighted by Gasteiger charge is -2.07. The number of amides is 1. The minimum atomic E-state index is 0.0116. The van der Waals surface area contributed by atoms with Gasteiger partial charge in [-0.2, -0.15) is 0 Å². The van der Waals surface area contributed by atoms with Crippen LogP contribution in [0.25, 0.3) is 0 Å². The lowest BCUT2D eigenvalue weighted by molar-refractivity contribution is -0.121. The smallest absolute Gasteiger partial charge is 0.221 e. The number of hydrogen-bond donors (Lipinski definition) is 2. The molecule has 5 nitrogen and oxygen atoms in total. The highest BCUT2D eigenvalue weighted by Crippen LogP contribution is 2.13. The first kappa shape index (κ1) is 13.9. The molecule has 1 aromatic heterocycles. The van der Waals surface area contributed by atoms with Crippen LogP contribution in [0.4, 0.5) is 5.69 Å². The molecule has 0 atom stereocenters. The van der Waals surface area contributed by atoms with E-state index in [1.165, 1.54) is 0 Å². The van der Waals surface area contributed by atoms with E-state index in [-0.39, 0.29) is 5.91 Å². The molecule has 1 rings (SSSR count). The van der Waals surface area contributed by atoms with E-state index in [2.05, 4.69) is 31.5 Å². The lowest BCUT2D eigenvalue weighted by Crippen LogP contribution is -2.28. The van der Waals surface area contributed by atoms with Crippen LogP contribution in [0.3, 0.4) is 0 Å². The van der Waals surface area contributed by atoms with Crippen LogP contribution in [0.2, 0.25) is 0 Å². The summed E-state index contributed by atoms with van der Waals surface area (Å²) in [5, 5.41) is 5.87. The number of carbonyl (C=O) groups is 1. The minimum Gasteiger partial charge on any atom is -0.383 e. The maximum absolute atomic E-state index is 11.3. The van der Waals surface area contributed by atoms with Gasteiger partial charge >= 0.3 is 0 Å². The number of ether oxygens (including phenoxy) is 1. The first-order valence-corrected chi connectivity index (χ1v) is 6.11. The molecule has 2 N–H and O–H groups in total.